The average Bonchev–Trinajstić information content (AvgIpc) is 3.09. The molecule has 0 spiro atoms. The van der Waals surface area contributed by atoms with E-state index in [1.807, 2.05) is 6.07 Å². The van der Waals surface area contributed by atoms with Crippen molar-refractivity contribution in [2.75, 3.05) is 0 Å². The van der Waals surface area contributed by atoms with Crippen LogP contribution in [0, 0.1) is 4.91 Å². The molecule has 0 aliphatic heterocycles. The van der Waals surface area contributed by atoms with E-state index in [9.17, 15) is 4.91 Å². The largest absolute Gasteiger partial charge is 0.280 e. The summed E-state index contributed by atoms with van der Waals surface area (Å²) in [5.74, 6) is 0.297. The zero-order valence-electron chi connectivity index (χ0n) is 11.2. The highest BCUT2D eigenvalue weighted by molar-refractivity contribution is 6.30. The topological polar surface area (TPSA) is 46.7 Å². The molecule has 2 heterocycles. The Bertz CT molecular complexity index is 869. The summed E-state index contributed by atoms with van der Waals surface area (Å²) in [6.07, 6.45) is 5.08. The molecule has 0 N–H and O–H groups in total. The van der Waals surface area contributed by atoms with E-state index in [0.29, 0.717) is 22.2 Å². The molecule has 2 aromatic heterocycles. The number of halogens is 1. The SMILES string of the molecule is O=Nc1c(-c2ccc3c(c2)CCC3)nc2ccc(Cl)cn12. The summed E-state index contributed by atoms with van der Waals surface area (Å²) in [5, 5.41) is 3.71. The van der Waals surface area contributed by atoms with E-state index < -0.39 is 0 Å². The van der Waals surface area contributed by atoms with Crippen LogP contribution in [0.4, 0.5) is 5.82 Å². The second-order valence-electron chi connectivity index (χ2n) is 5.29. The molecule has 0 saturated carbocycles. The van der Waals surface area contributed by atoms with Gasteiger partial charge in [-0.2, -0.15) is 0 Å². The minimum absolute atomic E-state index is 0.297. The second kappa shape index (κ2) is 4.67. The summed E-state index contributed by atoms with van der Waals surface area (Å²) in [7, 11) is 0. The van der Waals surface area contributed by atoms with Crippen molar-refractivity contribution in [1.29, 1.82) is 0 Å². The van der Waals surface area contributed by atoms with Gasteiger partial charge in [-0.3, -0.25) is 4.40 Å². The van der Waals surface area contributed by atoms with Crippen LogP contribution in [0.25, 0.3) is 16.9 Å². The van der Waals surface area contributed by atoms with Gasteiger partial charge in [-0.05, 0) is 53.8 Å². The number of aryl methyl sites for hydroxylation is 2. The molecule has 104 valence electrons. The molecule has 0 atom stereocenters. The van der Waals surface area contributed by atoms with Gasteiger partial charge in [-0.15, -0.1) is 4.91 Å². The lowest BCUT2D eigenvalue weighted by atomic mass is 10.0. The summed E-state index contributed by atoms with van der Waals surface area (Å²) in [4.78, 5) is 15.8. The third-order valence-corrected chi connectivity index (χ3v) is 4.24. The molecule has 1 aliphatic carbocycles. The number of pyridine rings is 1. The Kier molecular flexibility index (Phi) is 2.79. The zero-order valence-corrected chi connectivity index (χ0v) is 12.0. The fourth-order valence-corrected chi connectivity index (χ4v) is 3.17. The van der Waals surface area contributed by atoms with Crippen molar-refractivity contribution in [1.82, 2.24) is 9.38 Å². The summed E-state index contributed by atoms with van der Waals surface area (Å²) in [6.45, 7) is 0. The van der Waals surface area contributed by atoms with Gasteiger partial charge in [0, 0.05) is 11.8 Å². The van der Waals surface area contributed by atoms with E-state index in [2.05, 4.69) is 22.3 Å². The minimum atomic E-state index is 0.297. The smallest absolute Gasteiger partial charge is 0.209 e. The van der Waals surface area contributed by atoms with E-state index >= 15 is 0 Å². The number of hydrogen-bond acceptors (Lipinski definition) is 3. The summed E-state index contributed by atoms with van der Waals surface area (Å²) < 4.78 is 1.64. The van der Waals surface area contributed by atoms with E-state index in [0.717, 1.165) is 18.4 Å². The quantitative estimate of drug-likeness (QED) is 0.652. The molecule has 0 radical (unpaired) electrons. The summed E-state index contributed by atoms with van der Waals surface area (Å²) >= 11 is 5.99. The molecule has 4 rings (SSSR count). The van der Waals surface area contributed by atoms with Crippen LogP contribution < -0.4 is 0 Å². The first-order chi connectivity index (χ1) is 10.3. The number of nitroso groups, excluding NO2 is 1. The third-order valence-electron chi connectivity index (χ3n) is 4.02. The second-order valence-corrected chi connectivity index (χ2v) is 5.72. The fourth-order valence-electron chi connectivity index (χ4n) is 3.01. The van der Waals surface area contributed by atoms with Crippen LogP contribution in [0.2, 0.25) is 5.02 Å². The first-order valence-corrected chi connectivity index (χ1v) is 7.27. The molecule has 5 heteroatoms. The molecule has 0 fully saturated rings. The van der Waals surface area contributed by atoms with Crippen LogP contribution in [0.3, 0.4) is 0 Å². The molecule has 1 aromatic carbocycles. The van der Waals surface area contributed by atoms with Crippen LogP contribution in [0.1, 0.15) is 17.5 Å². The van der Waals surface area contributed by atoms with Crippen LogP contribution in [-0.2, 0) is 12.8 Å². The number of nitrogens with zero attached hydrogens (tertiary/aromatic N) is 3. The van der Waals surface area contributed by atoms with E-state index in [1.165, 1.54) is 17.5 Å². The predicted molar refractivity (Wildman–Crippen MR) is 83.1 cm³/mol. The third kappa shape index (κ3) is 1.94. The van der Waals surface area contributed by atoms with Crippen molar-refractivity contribution in [3.05, 3.63) is 57.6 Å². The Balaban J connectivity index is 1.95. The number of rotatable bonds is 2. The van der Waals surface area contributed by atoms with Crippen molar-refractivity contribution in [2.45, 2.75) is 19.3 Å². The molecule has 0 unspecified atom stereocenters. The Hall–Kier alpha value is -2.20. The fraction of sp³-hybridized carbons (Fsp3) is 0.188. The van der Waals surface area contributed by atoms with Crippen LogP contribution >= 0.6 is 11.6 Å². The Morgan fingerprint density at radius 3 is 2.86 bits per heavy atom. The highest BCUT2D eigenvalue weighted by atomic mass is 35.5. The van der Waals surface area contributed by atoms with Crippen molar-refractivity contribution in [2.24, 2.45) is 5.18 Å². The van der Waals surface area contributed by atoms with Gasteiger partial charge < -0.3 is 0 Å². The zero-order chi connectivity index (χ0) is 14.4. The molecule has 0 bridgehead atoms. The van der Waals surface area contributed by atoms with Crippen LogP contribution in [0.5, 0.6) is 0 Å². The van der Waals surface area contributed by atoms with Crippen molar-refractivity contribution >= 4 is 23.1 Å². The maximum absolute atomic E-state index is 11.3. The molecular weight excluding hydrogens is 286 g/mol. The Morgan fingerprint density at radius 1 is 1.14 bits per heavy atom. The number of benzene rings is 1. The van der Waals surface area contributed by atoms with Crippen LogP contribution in [0.15, 0.2) is 41.7 Å². The molecule has 0 amide bonds. The Morgan fingerprint density at radius 2 is 2.00 bits per heavy atom. The molecule has 1 aliphatic rings. The summed E-state index contributed by atoms with van der Waals surface area (Å²) in [5.41, 5.74) is 4.96. The average molecular weight is 298 g/mol. The van der Waals surface area contributed by atoms with Crippen molar-refractivity contribution in [3.63, 3.8) is 0 Å². The Labute approximate surface area is 126 Å². The van der Waals surface area contributed by atoms with Gasteiger partial charge in [-0.1, -0.05) is 23.7 Å². The molecule has 4 nitrogen and oxygen atoms in total. The van der Waals surface area contributed by atoms with Gasteiger partial charge in [0.1, 0.15) is 11.3 Å². The number of aromatic nitrogens is 2. The lowest BCUT2D eigenvalue weighted by Crippen LogP contribution is -1.85. The maximum atomic E-state index is 11.3. The van der Waals surface area contributed by atoms with Crippen LogP contribution in [-0.4, -0.2) is 9.38 Å². The predicted octanol–water partition coefficient (Wildman–Crippen LogP) is 4.54. The molecule has 0 saturated heterocycles. The van der Waals surface area contributed by atoms with Gasteiger partial charge in [0.15, 0.2) is 0 Å². The van der Waals surface area contributed by atoms with Gasteiger partial charge >= 0.3 is 0 Å². The molecular formula is C16H12ClN3O. The molecule has 3 aromatic rings. The number of imidazole rings is 1. The van der Waals surface area contributed by atoms with Gasteiger partial charge in [0.2, 0.25) is 5.82 Å². The van der Waals surface area contributed by atoms with E-state index in [-0.39, 0.29) is 0 Å². The number of fused-ring (bicyclic) bond motifs is 2. The van der Waals surface area contributed by atoms with Crippen molar-refractivity contribution in [3.8, 4) is 11.3 Å². The first kappa shape index (κ1) is 12.5. The monoisotopic (exact) mass is 297 g/mol. The minimum Gasteiger partial charge on any atom is -0.280 e. The van der Waals surface area contributed by atoms with Gasteiger partial charge in [0.25, 0.3) is 0 Å². The first-order valence-electron chi connectivity index (χ1n) is 6.89. The highest BCUT2D eigenvalue weighted by Gasteiger charge is 2.18. The number of hydrogen-bond donors (Lipinski definition) is 0. The maximum Gasteiger partial charge on any atom is 0.209 e. The van der Waals surface area contributed by atoms with E-state index in [1.54, 1.807) is 22.7 Å². The standard InChI is InChI=1S/C16H12ClN3O/c17-13-6-7-14-18-15(16(19-21)20(14)9-13)12-5-4-10-2-1-3-11(10)8-12/h4-9H,1-3H2. The normalized spacial score (nSPS) is 13.6. The lowest BCUT2D eigenvalue weighted by molar-refractivity contribution is 0.912. The van der Waals surface area contributed by atoms with E-state index in [4.69, 9.17) is 11.6 Å². The lowest BCUT2D eigenvalue weighted by Gasteiger charge is -2.02. The summed E-state index contributed by atoms with van der Waals surface area (Å²) in [6, 6.07) is 9.81. The highest BCUT2D eigenvalue weighted by Crippen LogP contribution is 2.34. The van der Waals surface area contributed by atoms with Crippen molar-refractivity contribution < 1.29 is 0 Å². The van der Waals surface area contributed by atoms with Gasteiger partial charge in [0.05, 0.1) is 5.02 Å². The van der Waals surface area contributed by atoms with Gasteiger partial charge in [-0.25, -0.2) is 4.98 Å². The molecule has 21 heavy (non-hydrogen) atoms.